The summed E-state index contributed by atoms with van der Waals surface area (Å²) in [5.74, 6) is -1.50. The summed E-state index contributed by atoms with van der Waals surface area (Å²) in [4.78, 5) is 10.6. The average Bonchev–Trinajstić information content (AvgIpc) is 2.19. The topological polar surface area (TPSA) is 72.5 Å². The molecule has 4 nitrogen and oxygen atoms in total. The van der Waals surface area contributed by atoms with Crippen molar-refractivity contribution in [3.8, 4) is 5.75 Å². The molecule has 0 saturated carbocycles. The van der Waals surface area contributed by atoms with Gasteiger partial charge in [-0.05, 0) is 36.6 Å². The molecule has 0 amide bonds. The first-order valence-electron chi connectivity index (χ1n) is 5.02. The highest BCUT2D eigenvalue weighted by atomic mass is 19.4. The number of hydrogen-bond donors (Lipinski definition) is 2. The van der Waals surface area contributed by atoms with Crippen molar-refractivity contribution in [1.82, 2.24) is 0 Å². The van der Waals surface area contributed by atoms with Gasteiger partial charge in [0.05, 0.1) is 0 Å². The fourth-order valence-electron chi connectivity index (χ4n) is 1.42. The van der Waals surface area contributed by atoms with Crippen LogP contribution in [0.3, 0.4) is 0 Å². The van der Waals surface area contributed by atoms with Crippen molar-refractivity contribution < 1.29 is 27.8 Å². The van der Waals surface area contributed by atoms with Crippen molar-refractivity contribution >= 4 is 5.97 Å². The molecule has 0 heterocycles. The zero-order valence-corrected chi connectivity index (χ0v) is 9.49. The Bertz CT molecular complexity index is 446. The van der Waals surface area contributed by atoms with Gasteiger partial charge in [-0.25, -0.2) is 0 Å². The number of hydrogen-bond acceptors (Lipinski definition) is 3. The molecular weight excluding hydrogens is 251 g/mol. The van der Waals surface area contributed by atoms with Gasteiger partial charge in [0.15, 0.2) is 0 Å². The van der Waals surface area contributed by atoms with Gasteiger partial charge in [-0.1, -0.05) is 6.07 Å². The maximum atomic E-state index is 12.0. The molecule has 18 heavy (non-hydrogen) atoms. The van der Waals surface area contributed by atoms with Crippen molar-refractivity contribution in [3.05, 3.63) is 29.3 Å². The van der Waals surface area contributed by atoms with Gasteiger partial charge in [0.25, 0.3) is 0 Å². The third kappa shape index (κ3) is 4.25. The molecule has 0 radical (unpaired) electrons. The van der Waals surface area contributed by atoms with Crippen molar-refractivity contribution in [3.63, 3.8) is 0 Å². The lowest BCUT2D eigenvalue weighted by molar-refractivity contribution is -0.274. The van der Waals surface area contributed by atoms with Crippen LogP contribution in [0.1, 0.15) is 11.1 Å². The van der Waals surface area contributed by atoms with Crippen molar-refractivity contribution in [2.24, 2.45) is 5.73 Å². The van der Waals surface area contributed by atoms with E-state index in [0.717, 1.165) is 6.07 Å². The Morgan fingerprint density at radius 1 is 1.50 bits per heavy atom. The second-order valence-corrected chi connectivity index (χ2v) is 3.78. The van der Waals surface area contributed by atoms with Gasteiger partial charge in [-0.15, -0.1) is 13.2 Å². The zero-order valence-electron chi connectivity index (χ0n) is 9.49. The summed E-state index contributed by atoms with van der Waals surface area (Å²) in [5.41, 5.74) is 6.41. The Balaban J connectivity index is 2.83. The van der Waals surface area contributed by atoms with E-state index in [0.29, 0.717) is 11.1 Å². The SMILES string of the molecule is Cc1cc(OC(F)(F)F)ccc1C[C@@H](N)C(=O)O. The van der Waals surface area contributed by atoms with Crippen LogP contribution in [-0.4, -0.2) is 23.5 Å². The first-order chi connectivity index (χ1) is 8.19. The lowest BCUT2D eigenvalue weighted by Crippen LogP contribution is -2.32. The van der Waals surface area contributed by atoms with Gasteiger partial charge in [-0.2, -0.15) is 0 Å². The molecule has 0 spiro atoms. The fourth-order valence-corrected chi connectivity index (χ4v) is 1.42. The van der Waals surface area contributed by atoms with E-state index in [-0.39, 0.29) is 12.2 Å². The van der Waals surface area contributed by atoms with Crippen LogP contribution < -0.4 is 10.5 Å². The maximum Gasteiger partial charge on any atom is 0.573 e. The van der Waals surface area contributed by atoms with Crippen LogP contribution in [0.25, 0.3) is 0 Å². The van der Waals surface area contributed by atoms with Gasteiger partial charge in [0.2, 0.25) is 0 Å². The highest BCUT2D eigenvalue weighted by Crippen LogP contribution is 2.25. The Morgan fingerprint density at radius 3 is 2.56 bits per heavy atom. The third-order valence-corrected chi connectivity index (χ3v) is 2.30. The lowest BCUT2D eigenvalue weighted by atomic mass is 10.0. The molecule has 1 rings (SSSR count). The van der Waals surface area contributed by atoms with Gasteiger partial charge >= 0.3 is 12.3 Å². The number of alkyl halides is 3. The van der Waals surface area contributed by atoms with Crippen LogP contribution in [-0.2, 0) is 11.2 Å². The number of aliphatic carboxylic acids is 1. The summed E-state index contributed by atoms with van der Waals surface area (Å²) in [7, 11) is 0. The molecule has 0 aliphatic carbocycles. The Hall–Kier alpha value is -1.76. The number of benzene rings is 1. The number of aryl methyl sites for hydroxylation is 1. The van der Waals surface area contributed by atoms with Crippen molar-refractivity contribution in [2.45, 2.75) is 25.7 Å². The van der Waals surface area contributed by atoms with E-state index < -0.39 is 18.4 Å². The number of nitrogens with two attached hydrogens (primary N) is 1. The van der Waals surface area contributed by atoms with Gasteiger partial charge in [0, 0.05) is 0 Å². The van der Waals surface area contributed by atoms with Crippen molar-refractivity contribution in [2.75, 3.05) is 0 Å². The first-order valence-corrected chi connectivity index (χ1v) is 5.02. The van der Waals surface area contributed by atoms with Crippen LogP contribution in [0.4, 0.5) is 13.2 Å². The summed E-state index contributed by atoms with van der Waals surface area (Å²) >= 11 is 0. The van der Waals surface area contributed by atoms with Crippen molar-refractivity contribution in [1.29, 1.82) is 0 Å². The van der Waals surface area contributed by atoms with Gasteiger partial charge in [0.1, 0.15) is 11.8 Å². The number of rotatable bonds is 4. The molecule has 0 unspecified atom stereocenters. The molecule has 1 aromatic rings. The van der Waals surface area contributed by atoms with E-state index in [9.17, 15) is 18.0 Å². The summed E-state index contributed by atoms with van der Waals surface area (Å²) in [5, 5.41) is 8.64. The normalized spacial score (nSPS) is 13.2. The second-order valence-electron chi connectivity index (χ2n) is 3.78. The number of carbonyl (C=O) groups is 1. The van der Waals surface area contributed by atoms with E-state index in [4.69, 9.17) is 10.8 Å². The third-order valence-electron chi connectivity index (χ3n) is 2.30. The summed E-state index contributed by atoms with van der Waals surface area (Å²) in [6.45, 7) is 1.56. The lowest BCUT2D eigenvalue weighted by Gasteiger charge is -2.13. The van der Waals surface area contributed by atoms with Crippen LogP contribution >= 0.6 is 0 Å². The molecule has 0 fully saturated rings. The molecule has 3 N–H and O–H groups in total. The predicted molar refractivity (Wildman–Crippen MR) is 57.2 cm³/mol. The van der Waals surface area contributed by atoms with Crippen LogP contribution in [0.2, 0.25) is 0 Å². The highest BCUT2D eigenvalue weighted by molar-refractivity contribution is 5.73. The molecule has 100 valence electrons. The highest BCUT2D eigenvalue weighted by Gasteiger charge is 2.31. The molecule has 0 aliphatic heterocycles. The smallest absolute Gasteiger partial charge is 0.480 e. The minimum atomic E-state index is -4.74. The Kier molecular flexibility index (Phi) is 4.18. The summed E-state index contributed by atoms with van der Waals surface area (Å²) in [6, 6.07) is 2.61. The average molecular weight is 263 g/mol. The number of carboxylic acid groups (broad SMARTS) is 1. The molecule has 0 bridgehead atoms. The number of ether oxygens (including phenoxy) is 1. The van der Waals surface area contributed by atoms with E-state index in [1.54, 1.807) is 6.92 Å². The van der Waals surface area contributed by atoms with Crippen LogP contribution in [0.15, 0.2) is 18.2 Å². The first kappa shape index (κ1) is 14.3. The minimum Gasteiger partial charge on any atom is -0.480 e. The van der Waals surface area contributed by atoms with E-state index in [1.807, 2.05) is 0 Å². The van der Waals surface area contributed by atoms with Gasteiger partial charge in [-0.3, -0.25) is 4.79 Å². The quantitative estimate of drug-likeness (QED) is 0.869. The Morgan fingerprint density at radius 2 is 2.11 bits per heavy atom. The predicted octanol–water partition coefficient (Wildman–Crippen LogP) is 1.85. The molecule has 7 heteroatoms. The van der Waals surface area contributed by atoms with E-state index in [2.05, 4.69) is 4.74 Å². The van der Waals surface area contributed by atoms with Crippen LogP contribution in [0.5, 0.6) is 5.75 Å². The molecule has 1 atom stereocenters. The monoisotopic (exact) mass is 263 g/mol. The fraction of sp³-hybridized carbons (Fsp3) is 0.364. The molecule has 1 aromatic carbocycles. The van der Waals surface area contributed by atoms with E-state index >= 15 is 0 Å². The molecular formula is C11H12F3NO3. The van der Waals surface area contributed by atoms with E-state index in [1.165, 1.54) is 12.1 Å². The number of carboxylic acids is 1. The van der Waals surface area contributed by atoms with Crippen LogP contribution in [0, 0.1) is 6.92 Å². The maximum absolute atomic E-state index is 12.0. The molecule has 0 saturated heterocycles. The number of halogens is 3. The van der Waals surface area contributed by atoms with Gasteiger partial charge < -0.3 is 15.6 Å². The molecule has 0 aromatic heterocycles. The summed E-state index contributed by atoms with van der Waals surface area (Å²) in [6.07, 6.45) is -4.70. The Labute approximate surface area is 101 Å². The second kappa shape index (κ2) is 5.26. The largest absolute Gasteiger partial charge is 0.573 e. The zero-order chi connectivity index (χ0) is 13.9. The molecule has 0 aliphatic rings. The summed E-state index contributed by atoms with van der Waals surface area (Å²) < 4.78 is 39.7. The minimum absolute atomic E-state index is 0.0491. The standard InChI is InChI=1S/C11H12F3NO3/c1-6-4-8(18-11(12,13)14)3-2-7(6)5-9(15)10(16)17/h2-4,9H,5,15H2,1H3,(H,16,17)/t9-/m1/s1.